The highest BCUT2D eigenvalue weighted by atomic mass is 14.4. The predicted octanol–water partition coefficient (Wildman–Crippen LogP) is 7.49. The molecule has 0 heteroatoms. The summed E-state index contributed by atoms with van der Waals surface area (Å²) in [4.78, 5) is 0. The monoisotopic (exact) mass is 352 g/mol. The third-order valence-corrected chi connectivity index (χ3v) is 6.23. The van der Waals surface area contributed by atoms with Crippen LogP contribution in [0.25, 0.3) is 22.3 Å². The molecule has 0 unspecified atom stereocenters. The molecule has 0 amide bonds. The van der Waals surface area contributed by atoms with E-state index in [9.17, 15) is 0 Å². The van der Waals surface area contributed by atoms with Crippen LogP contribution in [0.1, 0.15) is 61.9 Å². The van der Waals surface area contributed by atoms with E-state index >= 15 is 0 Å². The molecule has 0 heterocycles. The Hall–Kier alpha value is -2.60. The summed E-state index contributed by atoms with van der Waals surface area (Å²) in [7, 11) is 0. The van der Waals surface area contributed by atoms with Gasteiger partial charge < -0.3 is 0 Å². The first-order valence-electron chi connectivity index (χ1n) is 9.78. The van der Waals surface area contributed by atoms with Gasteiger partial charge in [0.15, 0.2) is 0 Å². The van der Waals surface area contributed by atoms with Crippen LogP contribution in [0.5, 0.6) is 0 Å². The summed E-state index contributed by atoms with van der Waals surface area (Å²) >= 11 is 0. The van der Waals surface area contributed by atoms with Crippen LogP contribution in [0.15, 0.2) is 67.3 Å². The SMILES string of the molecule is C=C(C)c1ccc2c(c1)Cc1c-2ccc(C(=C)C)c1C(C)(C)C1=CC=CC1. The molecular weight excluding hydrogens is 324 g/mol. The Kier molecular flexibility index (Phi) is 4.11. The van der Waals surface area contributed by atoms with E-state index < -0.39 is 0 Å². The number of allylic oxidation sites excluding steroid dienone is 6. The van der Waals surface area contributed by atoms with Gasteiger partial charge in [0, 0.05) is 5.41 Å². The molecule has 2 aromatic carbocycles. The lowest BCUT2D eigenvalue weighted by Crippen LogP contribution is -2.23. The van der Waals surface area contributed by atoms with Crippen molar-refractivity contribution in [3.8, 4) is 11.1 Å². The van der Waals surface area contributed by atoms with Crippen LogP contribution in [0.4, 0.5) is 0 Å². The van der Waals surface area contributed by atoms with Crippen LogP contribution >= 0.6 is 0 Å². The van der Waals surface area contributed by atoms with Crippen LogP contribution in [-0.4, -0.2) is 0 Å². The van der Waals surface area contributed by atoms with Crippen molar-refractivity contribution in [2.45, 2.75) is 46.0 Å². The maximum atomic E-state index is 4.29. The highest BCUT2D eigenvalue weighted by Gasteiger charge is 2.34. The van der Waals surface area contributed by atoms with Crippen molar-refractivity contribution in [2.24, 2.45) is 0 Å². The molecule has 0 bridgehead atoms. The van der Waals surface area contributed by atoms with Crippen LogP contribution < -0.4 is 0 Å². The molecule has 0 nitrogen and oxygen atoms in total. The Morgan fingerprint density at radius 3 is 2.33 bits per heavy atom. The fourth-order valence-corrected chi connectivity index (χ4v) is 4.68. The second kappa shape index (κ2) is 6.23. The molecule has 0 N–H and O–H groups in total. The zero-order valence-electron chi connectivity index (χ0n) is 16.9. The van der Waals surface area contributed by atoms with Gasteiger partial charge in [-0.2, -0.15) is 0 Å². The molecular formula is C27H28. The van der Waals surface area contributed by atoms with E-state index in [0.29, 0.717) is 0 Å². The van der Waals surface area contributed by atoms with Crippen molar-refractivity contribution in [3.05, 3.63) is 95.1 Å². The lowest BCUT2D eigenvalue weighted by Gasteiger charge is -2.32. The molecule has 0 radical (unpaired) electrons. The summed E-state index contributed by atoms with van der Waals surface area (Å²) in [5.74, 6) is 0. The maximum absolute atomic E-state index is 4.29. The molecule has 0 saturated heterocycles. The lowest BCUT2D eigenvalue weighted by atomic mass is 9.71. The third kappa shape index (κ3) is 2.75. The molecule has 0 atom stereocenters. The summed E-state index contributed by atoms with van der Waals surface area (Å²) in [5, 5.41) is 0. The van der Waals surface area contributed by atoms with Gasteiger partial charge in [0.2, 0.25) is 0 Å². The summed E-state index contributed by atoms with van der Waals surface area (Å²) < 4.78 is 0. The normalized spacial score (nSPS) is 14.7. The van der Waals surface area contributed by atoms with Gasteiger partial charge >= 0.3 is 0 Å². The average molecular weight is 353 g/mol. The van der Waals surface area contributed by atoms with Crippen molar-refractivity contribution in [3.63, 3.8) is 0 Å². The van der Waals surface area contributed by atoms with Gasteiger partial charge in [0.25, 0.3) is 0 Å². The minimum absolute atomic E-state index is 0.0116. The molecule has 0 fully saturated rings. The number of hydrogen-bond donors (Lipinski definition) is 0. The fraction of sp³-hybridized carbons (Fsp3) is 0.259. The zero-order chi connectivity index (χ0) is 19.3. The van der Waals surface area contributed by atoms with Gasteiger partial charge in [0.1, 0.15) is 0 Å². The first-order valence-corrected chi connectivity index (χ1v) is 9.78. The van der Waals surface area contributed by atoms with Gasteiger partial charge in [-0.1, -0.05) is 92.3 Å². The summed E-state index contributed by atoms with van der Waals surface area (Å²) in [6.45, 7) is 17.4. The second-order valence-electron chi connectivity index (χ2n) is 8.57. The molecule has 2 aliphatic carbocycles. The Bertz CT molecular complexity index is 1040. The van der Waals surface area contributed by atoms with Gasteiger partial charge in [-0.15, -0.1) is 0 Å². The molecule has 4 rings (SSSR count). The highest BCUT2D eigenvalue weighted by Crippen LogP contribution is 2.48. The molecule has 27 heavy (non-hydrogen) atoms. The minimum atomic E-state index is -0.0116. The van der Waals surface area contributed by atoms with Crippen LogP contribution in [0, 0.1) is 0 Å². The Balaban J connectivity index is 1.93. The number of benzene rings is 2. The van der Waals surface area contributed by atoms with E-state index in [1.807, 2.05) is 0 Å². The molecule has 0 aromatic heterocycles. The molecule has 2 aliphatic rings. The Labute approximate surface area is 163 Å². The van der Waals surface area contributed by atoms with E-state index in [2.05, 4.69) is 89.4 Å². The van der Waals surface area contributed by atoms with Crippen LogP contribution in [-0.2, 0) is 11.8 Å². The van der Waals surface area contributed by atoms with E-state index in [-0.39, 0.29) is 5.41 Å². The quantitative estimate of drug-likeness (QED) is 0.456. The second-order valence-corrected chi connectivity index (χ2v) is 8.57. The largest absolute Gasteiger partial charge is 0.0955 e. The number of rotatable bonds is 4. The standard InChI is InChI=1S/C27H28/c1-17(2)19-11-12-23-20(15-19)16-25-24(23)14-13-22(18(3)4)26(25)27(5,6)21-9-7-8-10-21/h7-9,11-15H,1,3,10,16H2,2,4-6H3. The molecule has 0 spiro atoms. The molecule has 136 valence electrons. The van der Waals surface area contributed by atoms with Crippen LogP contribution in [0.3, 0.4) is 0 Å². The van der Waals surface area contributed by atoms with Crippen LogP contribution in [0.2, 0.25) is 0 Å². The lowest BCUT2D eigenvalue weighted by molar-refractivity contribution is 0.606. The van der Waals surface area contributed by atoms with E-state index in [4.69, 9.17) is 0 Å². The summed E-state index contributed by atoms with van der Waals surface area (Å²) in [5.41, 5.74) is 13.4. The summed E-state index contributed by atoms with van der Waals surface area (Å²) in [6.07, 6.45) is 8.78. The number of hydrogen-bond acceptors (Lipinski definition) is 0. The van der Waals surface area contributed by atoms with Crippen molar-refractivity contribution in [1.82, 2.24) is 0 Å². The zero-order valence-corrected chi connectivity index (χ0v) is 16.9. The van der Waals surface area contributed by atoms with Gasteiger partial charge in [-0.25, -0.2) is 0 Å². The Morgan fingerprint density at radius 2 is 1.70 bits per heavy atom. The van der Waals surface area contributed by atoms with Gasteiger partial charge in [-0.05, 0) is 65.6 Å². The average Bonchev–Trinajstić information content (AvgIpc) is 3.27. The maximum Gasteiger partial charge on any atom is 0.0120 e. The molecule has 0 aliphatic heterocycles. The summed E-state index contributed by atoms with van der Waals surface area (Å²) in [6, 6.07) is 11.4. The minimum Gasteiger partial charge on any atom is -0.0955 e. The molecule has 2 aromatic rings. The van der Waals surface area contributed by atoms with Crippen molar-refractivity contribution in [2.75, 3.05) is 0 Å². The van der Waals surface area contributed by atoms with Gasteiger partial charge in [0.05, 0.1) is 0 Å². The smallest absolute Gasteiger partial charge is 0.0120 e. The first kappa shape index (κ1) is 17.8. The van der Waals surface area contributed by atoms with Crippen molar-refractivity contribution in [1.29, 1.82) is 0 Å². The fourth-order valence-electron chi connectivity index (χ4n) is 4.68. The predicted molar refractivity (Wildman–Crippen MR) is 119 cm³/mol. The van der Waals surface area contributed by atoms with E-state index in [1.54, 1.807) is 0 Å². The first-order chi connectivity index (χ1) is 12.8. The van der Waals surface area contributed by atoms with Gasteiger partial charge in [-0.3, -0.25) is 0 Å². The topological polar surface area (TPSA) is 0 Å². The number of fused-ring (bicyclic) bond motifs is 3. The molecule has 0 saturated carbocycles. The van der Waals surface area contributed by atoms with E-state index in [1.165, 1.54) is 44.5 Å². The third-order valence-electron chi connectivity index (χ3n) is 6.23. The van der Waals surface area contributed by atoms with Crippen molar-refractivity contribution >= 4 is 11.1 Å². The van der Waals surface area contributed by atoms with E-state index in [0.717, 1.165) is 24.0 Å². The Morgan fingerprint density at radius 1 is 0.963 bits per heavy atom. The highest BCUT2D eigenvalue weighted by molar-refractivity contribution is 5.84. The van der Waals surface area contributed by atoms with Crippen molar-refractivity contribution < 1.29 is 0 Å².